The molecule has 0 saturated heterocycles. The number of methoxy groups -OCH3 is 1. The third-order valence-electron chi connectivity index (χ3n) is 3.78. The molecular formula is C19H22N2O5S. The van der Waals surface area contributed by atoms with Crippen LogP contribution in [0, 0.1) is 0 Å². The van der Waals surface area contributed by atoms with E-state index in [4.69, 9.17) is 4.74 Å². The van der Waals surface area contributed by atoms with E-state index in [9.17, 15) is 18.0 Å². The first-order valence-corrected chi connectivity index (χ1v) is 9.87. The van der Waals surface area contributed by atoms with Gasteiger partial charge in [0.15, 0.2) is 5.78 Å². The van der Waals surface area contributed by atoms with Gasteiger partial charge in [-0.3, -0.25) is 14.3 Å². The van der Waals surface area contributed by atoms with Gasteiger partial charge in [-0.05, 0) is 43.7 Å². The van der Waals surface area contributed by atoms with Crippen molar-refractivity contribution in [2.75, 3.05) is 18.4 Å². The maximum Gasteiger partial charge on any atom is 0.261 e. The number of hydrogen-bond acceptors (Lipinski definition) is 5. The molecule has 0 bridgehead atoms. The van der Waals surface area contributed by atoms with E-state index in [1.807, 2.05) is 6.92 Å². The first-order chi connectivity index (χ1) is 12.8. The summed E-state index contributed by atoms with van der Waals surface area (Å²) in [6, 6.07) is 10.2. The number of amides is 1. The number of ether oxygens (including phenoxy) is 1. The first-order valence-electron chi connectivity index (χ1n) is 8.38. The van der Waals surface area contributed by atoms with Crippen LogP contribution in [0.3, 0.4) is 0 Å². The maximum atomic E-state index is 12.7. The lowest BCUT2D eigenvalue weighted by Crippen LogP contribution is -2.25. The zero-order valence-corrected chi connectivity index (χ0v) is 16.2. The van der Waals surface area contributed by atoms with E-state index in [2.05, 4.69) is 10.0 Å². The van der Waals surface area contributed by atoms with E-state index < -0.39 is 15.9 Å². The first kappa shape index (κ1) is 20.4. The Bertz CT molecular complexity index is 954. The smallest absolute Gasteiger partial charge is 0.261 e. The number of anilines is 1. The van der Waals surface area contributed by atoms with Crippen LogP contribution in [0.2, 0.25) is 0 Å². The number of ketones is 1. The summed E-state index contributed by atoms with van der Waals surface area (Å²) in [7, 11) is -2.55. The minimum atomic E-state index is -3.95. The molecule has 0 saturated carbocycles. The molecule has 2 rings (SSSR count). The van der Waals surface area contributed by atoms with Crippen LogP contribution in [0.5, 0.6) is 5.75 Å². The molecule has 2 aromatic carbocycles. The van der Waals surface area contributed by atoms with Crippen LogP contribution >= 0.6 is 0 Å². The quantitative estimate of drug-likeness (QED) is 0.675. The predicted octanol–water partition coefficient (Wildman–Crippen LogP) is 2.84. The zero-order chi connectivity index (χ0) is 20.0. The minimum absolute atomic E-state index is 0.0850. The highest BCUT2D eigenvalue weighted by atomic mass is 32.2. The second-order valence-corrected chi connectivity index (χ2v) is 7.54. The summed E-state index contributed by atoms with van der Waals surface area (Å²) in [6.45, 7) is 3.78. The summed E-state index contributed by atoms with van der Waals surface area (Å²) in [5.74, 6) is -0.305. The number of benzene rings is 2. The molecule has 7 nitrogen and oxygen atoms in total. The zero-order valence-electron chi connectivity index (χ0n) is 15.4. The maximum absolute atomic E-state index is 12.7. The summed E-state index contributed by atoms with van der Waals surface area (Å²) in [5, 5.41) is 2.70. The van der Waals surface area contributed by atoms with Crippen molar-refractivity contribution in [2.24, 2.45) is 0 Å². The third kappa shape index (κ3) is 5.07. The highest BCUT2D eigenvalue weighted by Gasteiger charge is 2.20. The molecule has 0 atom stereocenters. The number of carbonyl (C=O) groups excluding carboxylic acids is 2. The summed E-state index contributed by atoms with van der Waals surface area (Å²) in [4.78, 5) is 23.7. The van der Waals surface area contributed by atoms with Gasteiger partial charge >= 0.3 is 0 Å². The lowest BCUT2D eigenvalue weighted by Gasteiger charge is -2.13. The molecule has 0 heterocycles. The second kappa shape index (κ2) is 8.68. The molecule has 0 aromatic heterocycles. The van der Waals surface area contributed by atoms with Crippen molar-refractivity contribution < 1.29 is 22.7 Å². The van der Waals surface area contributed by atoms with Crippen LogP contribution in [0.4, 0.5) is 5.69 Å². The molecule has 1 amide bonds. The highest BCUT2D eigenvalue weighted by molar-refractivity contribution is 7.92. The summed E-state index contributed by atoms with van der Waals surface area (Å²) >= 11 is 0. The normalized spacial score (nSPS) is 10.9. The van der Waals surface area contributed by atoms with Gasteiger partial charge in [-0.2, -0.15) is 0 Å². The Hall–Kier alpha value is -2.87. The molecule has 0 aliphatic heterocycles. The predicted molar refractivity (Wildman–Crippen MR) is 103 cm³/mol. The van der Waals surface area contributed by atoms with Crippen LogP contribution in [0.15, 0.2) is 47.4 Å². The molecule has 2 aromatic rings. The fraction of sp³-hybridized carbons (Fsp3) is 0.263. The molecule has 8 heteroatoms. The number of rotatable bonds is 8. The SMILES string of the molecule is CCCNC(=O)c1cc(S(=O)(=O)Nc2cccc(C(C)=O)c2)ccc1OC. The van der Waals surface area contributed by atoms with E-state index >= 15 is 0 Å². The number of hydrogen-bond donors (Lipinski definition) is 2. The van der Waals surface area contributed by atoms with Crippen molar-refractivity contribution in [3.05, 3.63) is 53.6 Å². The van der Waals surface area contributed by atoms with Gasteiger partial charge in [-0.25, -0.2) is 8.42 Å². The van der Waals surface area contributed by atoms with Crippen LogP contribution < -0.4 is 14.8 Å². The second-order valence-electron chi connectivity index (χ2n) is 5.86. The largest absolute Gasteiger partial charge is 0.496 e. The van der Waals surface area contributed by atoms with E-state index in [-0.39, 0.29) is 27.7 Å². The molecule has 2 N–H and O–H groups in total. The van der Waals surface area contributed by atoms with Gasteiger partial charge in [0.25, 0.3) is 15.9 Å². The average Bonchev–Trinajstić information content (AvgIpc) is 2.65. The lowest BCUT2D eigenvalue weighted by atomic mass is 10.1. The van der Waals surface area contributed by atoms with E-state index in [1.165, 1.54) is 38.3 Å². The van der Waals surface area contributed by atoms with Gasteiger partial charge in [-0.1, -0.05) is 19.1 Å². The van der Waals surface area contributed by atoms with Crippen molar-refractivity contribution in [1.82, 2.24) is 5.32 Å². The van der Waals surface area contributed by atoms with Crippen molar-refractivity contribution in [3.63, 3.8) is 0 Å². The summed E-state index contributed by atoms with van der Waals surface area (Å²) in [5.41, 5.74) is 0.784. The number of nitrogens with one attached hydrogen (secondary N) is 2. The Morgan fingerprint density at radius 1 is 1.11 bits per heavy atom. The average molecular weight is 390 g/mol. The van der Waals surface area contributed by atoms with Crippen LogP contribution in [0.25, 0.3) is 0 Å². The van der Waals surface area contributed by atoms with Crippen LogP contribution in [0.1, 0.15) is 41.0 Å². The highest BCUT2D eigenvalue weighted by Crippen LogP contribution is 2.24. The van der Waals surface area contributed by atoms with Gasteiger partial charge in [-0.15, -0.1) is 0 Å². The molecule has 0 fully saturated rings. The molecule has 0 unspecified atom stereocenters. The summed E-state index contributed by atoms with van der Waals surface area (Å²) in [6.07, 6.45) is 0.750. The number of carbonyl (C=O) groups is 2. The molecule has 0 radical (unpaired) electrons. The van der Waals surface area contributed by atoms with Crippen molar-refractivity contribution >= 4 is 27.4 Å². The minimum Gasteiger partial charge on any atom is -0.496 e. The van der Waals surface area contributed by atoms with Crippen molar-refractivity contribution in [1.29, 1.82) is 0 Å². The van der Waals surface area contributed by atoms with Crippen molar-refractivity contribution in [3.8, 4) is 5.75 Å². The molecule has 144 valence electrons. The van der Waals surface area contributed by atoms with E-state index in [0.29, 0.717) is 12.1 Å². The van der Waals surface area contributed by atoms with Gasteiger partial charge in [0.1, 0.15) is 5.75 Å². The van der Waals surface area contributed by atoms with Crippen LogP contribution in [-0.2, 0) is 10.0 Å². The number of Topliss-reactive ketones (excluding diaryl/α,β-unsaturated/α-hetero) is 1. The third-order valence-corrected chi connectivity index (χ3v) is 5.16. The number of sulfonamides is 1. The van der Waals surface area contributed by atoms with E-state index in [0.717, 1.165) is 6.42 Å². The van der Waals surface area contributed by atoms with Crippen molar-refractivity contribution in [2.45, 2.75) is 25.2 Å². The summed E-state index contributed by atoms with van der Waals surface area (Å²) < 4.78 is 33.0. The Kier molecular flexibility index (Phi) is 6.57. The molecule has 0 aliphatic rings. The Labute approximate surface area is 158 Å². The molecule has 27 heavy (non-hydrogen) atoms. The van der Waals surface area contributed by atoms with Gasteiger partial charge in [0.2, 0.25) is 0 Å². The molecule has 0 aliphatic carbocycles. The van der Waals surface area contributed by atoms with Gasteiger partial charge in [0, 0.05) is 17.8 Å². The molecule has 0 spiro atoms. The van der Waals surface area contributed by atoms with Gasteiger partial charge in [0.05, 0.1) is 17.6 Å². The standard InChI is InChI=1S/C19H22N2O5S/c1-4-10-20-19(23)17-12-16(8-9-18(17)26-3)27(24,25)21-15-7-5-6-14(11-15)13(2)22/h5-9,11-12,21H,4,10H2,1-3H3,(H,20,23). The molecular weight excluding hydrogens is 368 g/mol. The fourth-order valence-electron chi connectivity index (χ4n) is 2.38. The lowest BCUT2D eigenvalue weighted by molar-refractivity contribution is 0.0949. The van der Waals surface area contributed by atoms with Crippen LogP contribution in [-0.4, -0.2) is 33.8 Å². The van der Waals surface area contributed by atoms with Gasteiger partial charge < -0.3 is 10.1 Å². The Balaban J connectivity index is 2.36. The topological polar surface area (TPSA) is 102 Å². The monoisotopic (exact) mass is 390 g/mol. The Morgan fingerprint density at radius 2 is 1.85 bits per heavy atom. The fourth-order valence-corrected chi connectivity index (χ4v) is 3.46. The Morgan fingerprint density at radius 3 is 2.48 bits per heavy atom. The van der Waals surface area contributed by atoms with E-state index in [1.54, 1.807) is 18.2 Å².